The molecule has 0 aliphatic rings. The second-order valence-electron chi connectivity index (χ2n) is 4.86. The molecule has 3 aromatic rings. The van der Waals surface area contributed by atoms with Crippen LogP contribution in [0.2, 0.25) is 5.02 Å². The maximum Gasteiger partial charge on any atom is 0.127 e. The average Bonchev–Trinajstić information content (AvgIpc) is 3.07. The molecule has 0 aliphatic heterocycles. The highest BCUT2D eigenvalue weighted by molar-refractivity contribution is 6.35. The number of benzene rings is 1. The van der Waals surface area contributed by atoms with Gasteiger partial charge in [0.25, 0.3) is 0 Å². The van der Waals surface area contributed by atoms with Gasteiger partial charge in [-0.3, -0.25) is 4.68 Å². The van der Waals surface area contributed by atoms with Crippen LogP contribution in [0.3, 0.4) is 0 Å². The van der Waals surface area contributed by atoms with E-state index in [4.69, 9.17) is 23.2 Å². The first-order valence-electron chi connectivity index (χ1n) is 6.79. The SMILES string of the molecule is CC(Cl)c1nc2cccc(Cl)c2n1CCCn1ccnn1. The van der Waals surface area contributed by atoms with Gasteiger partial charge in [0, 0.05) is 19.3 Å². The summed E-state index contributed by atoms with van der Waals surface area (Å²) in [4.78, 5) is 4.60. The molecule has 0 spiro atoms. The Labute approximate surface area is 132 Å². The first kappa shape index (κ1) is 14.4. The minimum absolute atomic E-state index is 0.167. The molecule has 21 heavy (non-hydrogen) atoms. The molecule has 0 radical (unpaired) electrons. The van der Waals surface area contributed by atoms with Crippen LogP contribution < -0.4 is 0 Å². The topological polar surface area (TPSA) is 48.5 Å². The number of alkyl halides is 1. The quantitative estimate of drug-likeness (QED) is 0.673. The van der Waals surface area contributed by atoms with Crippen LogP contribution in [-0.4, -0.2) is 24.5 Å². The number of imidazole rings is 1. The van der Waals surface area contributed by atoms with Crippen LogP contribution in [-0.2, 0) is 13.1 Å². The van der Waals surface area contributed by atoms with E-state index in [1.54, 1.807) is 6.20 Å². The molecule has 1 unspecified atom stereocenters. The lowest BCUT2D eigenvalue weighted by Gasteiger charge is -2.11. The minimum atomic E-state index is -0.167. The third-order valence-corrected chi connectivity index (χ3v) is 3.84. The molecule has 3 rings (SSSR count). The summed E-state index contributed by atoms with van der Waals surface area (Å²) in [6.45, 7) is 3.50. The van der Waals surface area contributed by atoms with Gasteiger partial charge in [-0.05, 0) is 25.5 Å². The summed E-state index contributed by atoms with van der Waals surface area (Å²) in [5, 5.41) is 8.29. The van der Waals surface area contributed by atoms with Gasteiger partial charge in [-0.25, -0.2) is 4.98 Å². The fraction of sp³-hybridized carbons (Fsp3) is 0.357. The molecule has 5 nitrogen and oxygen atoms in total. The smallest absolute Gasteiger partial charge is 0.127 e. The third kappa shape index (κ3) is 2.89. The van der Waals surface area contributed by atoms with E-state index in [0.717, 1.165) is 36.4 Å². The van der Waals surface area contributed by atoms with Gasteiger partial charge in [-0.1, -0.05) is 22.9 Å². The van der Waals surface area contributed by atoms with Crippen LogP contribution >= 0.6 is 23.2 Å². The summed E-state index contributed by atoms with van der Waals surface area (Å²) in [6.07, 6.45) is 4.43. The van der Waals surface area contributed by atoms with Crippen LogP contribution in [0.4, 0.5) is 0 Å². The summed E-state index contributed by atoms with van der Waals surface area (Å²) >= 11 is 12.6. The predicted octanol–water partition coefficient (Wildman–Crippen LogP) is 3.67. The molecule has 2 heterocycles. The van der Waals surface area contributed by atoms with Crippen molar-refractivity contribution in [3.63, 3.8) is 0 Å². The number of para-hydroxylation sites is 1. The summed E-state index contributed by atoms with van der Waals surface area (Å²) in [6, 6.07) is 5.74. The first-order valence-corrected chi connectivity index (χ1v) is 7.61. The molecule has 0 bridgehead atoms. The zero-order chi connectivity index (χ0) is 14.8. The second-order valence-corrected chi connectivity index (χ2v) is 5.93. The molecule has 0 aliphatic carbocycles. The van der Waals surface area contributed by atoms with Crippen molar-refractivity contribution < 1.29 is 0 Å². The van der Waals surface area contributed by atoms with Gasteiger partial charge in [0.05, 0.1) is 27.6 Å². The molecular formula is C14H15Cl2N5. The average molecular weight is 324 g/mol. The van der Waals surface area contributed by atoms with Crippen molar-refractivity contribution in [1.82, 2.24) is 24.5 Å². The largest absolute Gasteiger partial charge is 0.325 e. The van der Waals surface area contributed by atoms with Crippen LogP contribution in [0.25, 0.3) is 11.0 Å². The second kappa shape index (κ2) is 6.03. The molecule has 1 aromatic carbocycles. The molecule has 1 atom stereocenters. The van der Waals surface area contributed by atoms with E-state index < -0.39 is 0 Å². The van der Waals surface area contributed by atoms with E-state index >= 15 is 0 Å². The normalized spacial score (nSPS) is 12.9. The fourth-order valence-corrected chi connectivity index (χ4v) is 2.87. The van der Waals surface area contributed by atoms with E-state index in [-0.39, 0.29) is 5.38 Å². The molecule has 7 heteroatoms. The van der Waals surface area contributed by atoms with Gasteiger partial charge in [0.2, 0.25) is 0 Å². The Morgan fingerprint density at radius 3 is 2.86 bits per heavy atom. The molecule has 0 saturated carbocycles. The molecule has 0 N–H and O–H groups in total. The molecule has 110 valence electrons. The number of hydrogen-bond acceptors (Lipinski definition) is 3. The number of rotatable bonds is 5. The Morgan fingerprint density at radius 2 is 2.14 bits per heavy atom. The zero-order valence-electron chi connectivity index (χ0n) is 11.6. The molecular weight excluding hydrogens is 309 g/mol. The van der Waals surface area contributed by atoms with E-state index in [0.29, 0.717) is 5.02 Å². The van der Waals surface area contributed by atoms with Crippen molar-refractivity contribution in [2.24, 2.45) is 0 Å². The molecule has 0 saturated heterocycles. The minimum Gasteiger partial charge on any atom is -0.325 e. The Kier molecular flexibility index (Phi) is 4.12. The van der Waals surface area contributed by atoms with E-state index in [2.05, 4.69) is 19.9 Å². The number of nitrogens with zero attached hydrogens (tertiary/aromatic N) is 5. The van der Waals surface area contributed by atoms with Gasteiger partial charge in [0.1, 0.15) is 5.82 Å². The van der Waals surface area contributed by atoms with Gasteiger partial charge in [0.15, 0.2) is 0 Å². The summed E-state index contributed by atoms with van der Waals surface area (Å²) in [7, 11) is 0. The lowest BCUT2D eigenvalue weighted by atomic mass is 10.3. The van der Waals surface area contributed by atoms with Crippen molar-refractivity contribution in [2.45, 2.75) is 31.8 Å². The maximum atomic E-state index is 6.33. The van der Waals surface area contributed by atoms with Crippen molar-refractivity contribution >= 4 is 34.2 Å². The number of hydrogen-bond donors (Lipinski definition) is 0. The summed E-state index contributed by atoms with van der Waals surface area (Å²) < 4.78 is 3.91. The van der Waals surface area contributed by atoms with Crippen molar-refractivity contribution in [2.75, 3.05) is 0 Å². The van der Waals surface area contributed by atoms with Crippen molar-refractivity contribution in [1.29, 1.82) is 0 Å². The monoisotopic (exact) mass is 323 g/mol. The highest BCUT2D eigenvalue weighted by Crippen LogP contribution is 2.29. The van der Waals surface area contributed by atoms with E-state index in [9.17, 15) is 0 Å². The highest BCUT2D eigenvalue weighted by Gasteiger charge is 2.16. The van der Waals surface area contributed by atoms with Crippen LogP contribution in [0.5, 0.6) is 0 Å². The van der Waals surface area contributed by atoms with Crippen LogP contribution in [0.1, 0.15) is 24.5 Å². The zero-order valence-corrected chi connectivity index (χ0v) is 13.1. The Hall–Kier alpha value is -1.59. The van der Waals surface area contributed by atoms with Gasteiger partial charge in [-0.2, -0.15) is 0 Å². The van der Waals surface area contributed by atoms with Crippen molar-refractivity contribution in [3.8, 4) is 0 Å². The first-order chi connectivity index (χ1) is 10.2. The molecule has 0 fully saturated rings. The summed E-state index contributed by atoms with van der Waals surface area (Å²) in [5.41, 5.74) is 1.83. The van der Waals surface area contributed by atoms with Crippen LogP contribution in [0, 0.1) is 0 Å². The van der Waals surface area contributed by atoms with Gasteiger partial charge >= 0.3 is 0 Å². The van der Waals surface area contributed by atoms with E-state index in [1.165, 1.54) is 0 Å². The van der Waals surface area contributed by atoms with Gasteiger partial charge < -0.3 is 4.57 Å². The lowest BCUT2D eigenvalue weighted by Crippen LogP contribution is -2.08. The van der Waals surface area contributed by atoms with Crippen molar-refractivity contribution in [3.05, 3.63) is 41.4 Å². The highest BCUT2D eigenvalue weighted by atomic mass is 35.5. The lowest BCUT2D eigenvalue weighted by molar-refractivity contribution is 0.511. The Morgan fingerprint density at radius 1 is 1.29 bits per heavy atom. The number of fused-ring (bicyclic) bond motifs is 1. The molecule has 2 aromatic heterocycles. The van der Waals surface area contributed by atoms with E-state index in [1.807, 2.05) is 36.0 Å². The Balaban J connectivity index is 1.90. The molecule has 0 amide bonds. The third-order valence-electron chi connectivity index (χ3n) is 3.34. The predicted molar refractivity (Wildman–Crippen MR) is 83.7 cm³/mol. The number of halogens is 2. The van der Waals surface area contributed by atoms with Gasteiger partial charge in [-0.15, -0.1) is 16.7 Å². The standard InChI is InChI=1S/C14H15Cl2N5/c1-10(15)14-18-12-5-2-4-11(16)13(12)21(14)8-3-7-20-9-6-17-19-20/h2,4-6,9-10H,3,7-8H2,1H3. The summed E-state index contributed by atoms with van der Waals surface area (Å²) in [5.74, 6) is 0.846. The number of aryl methyl sites for hydroxylation is 2. The Bertz CT molecular complexity index is 733. The maximum absolute atomic E-state index is 6.33. The van der Waals surface area contributed by atoms with Crippen LogP contribution in [0.15, 0.2) is 30.6 Å². The number of aromatic nitrogens is 5. The fourth-order valence-electron chi connectivity index (χ4n) is 2.43.